The van der Waals surface area contributed by atoms with Gasteiger partial charge in [0.1, 0.15) is 18.7 Å². The highest BCUT2D eigenvalue weighted by Gasteiger charge is 2.21. The molecule has 1 aliphatic heterocycles. The van der Waals surface area contributed by atoms with E-state index in [4.69, 9.17) is 11.5 Å². The van der Waals surface area contributed by atoms with Crippen LogP contribution >= 0.6 is 0 Å². The number of nitrogens with one attached hydrogen (secondary N) is 2. The number of hydrogen-bond donors (Lipinski definition) is 4. The summed E-state index contributed by atoms with van der Waals surface area (Å²) < 4.78 is 0. The maximum absolute atomic E-state index is 5.64. The van der Waals surface area contributed by atoms with Gasteiger partial charge >= 0.3 is 0 Å². The fourth-order valence-corrected chi connectivity index (χ4v) is 1.07. The molecule has 64 valence electrons. The first-order valence-corrected chi connectivity index (χ1v) is 3.61. The molecule has 6 heteroatoms. The molecule has 0 saturated carbocycles. The Hall–Kier alpha value is -1.40. The van der Waals surface area contributed by atoms with Gasteiger partial charge in [-0.3, -0.25) is 0 Å². The lowest BCUT2D eigenvalue weighted by molar-refractivity contribution is 0.610. The molecule has 0 amide bonds. The highest BCUT2D eigenvalue weighted by molar-refractivity contribution is 5.65. The predicted octanol–water partition coefficient (Wildman–Crippen LogP) is -1.12. The Balaban J connectivity index is 2.34. The van der Waals surface area contributed by atoms with E-state index in [-0.39, 0.29) is 12.3 Å². The van der Waals surface area contributed by atoms with E-state index in [0.717, 1.165) is 5.69 Å². The van der Waals surface area contributed by atoms with Gasteiger partial charge in [-0.2, -0.15) is 0 Å². The third kappa shape index (κ3) is 1.06. The minimum Gasteiger partial charge on any atom is -0.363 e. The van der Waals surface area contributed by atoms with E-state index in [9.17, 15) is 0 Å². The third-order valence-corrected chi connectivity index (χ3v) is 1.72. The highest BCUT2D eigenvalue weighted by atomic mass is 15.2. The van der Waals surface area contributed by atoms with Crippen LogP contribution in [0, 0.1) is 0 Å². The number of fused-ring (bicyclic) bond motifs is 1. The van der Waals surface area contributed by atoms with Crippen LogP contribution in [-0.2, 0) is 0 Å². The monoisotopic (exact) mass is 166 g/mol. The second-order valence-corrected chi connectivity index (χ2v) is 2.63. The Morgan fingerprint density at radius 2 is 2.00 bits per heavy atom. The van der Waals surface area contributed by atoms with Gasteiger partial charge in [0.15, 0.2) is 5.82 Å². The van der Waals surface area contributed by atoms with Gasteiger partial charge in [0.25, 0.3) is 0 Å². The molecule has 0 aliphatic carbocycles. The first-order valence-electron chi connectivity index (χ1n) is 3.61. The third-order valence-electron chi connectivity index (χ3n) is 1.72. The first kappa shape index (κ1) is 7.26. The Labute approximate surface area is 69.4 Å². The van der Waals surface area contributed by atoms with Crippen LogP contribution in [0.3, 0.4) is 0 Å². The van der Waals surface area contributed by atoms with Crippen molar-refractivity contribution in [1.82, 2.24) is 9.97 Å². The van der Waals surface area contributed by atoms with Crippen molar-refractivity contribution >= 4 is 11.5 Å². The van der Waals surface area contributed by atoms with Crippen LogP contribution in [0.4, 0.5) is 11.5 Å². The summed E-state index contributed by atoms with van der Waals surface area (Å²) in [6.45, 7) is 0. The highest BCUT2D eigenvalue weighted by Crippen LogP contribution is 2.21. The van der Waals surface area contributed by atoms with Crippen molar-refractivity contribution < 1.29 is 0 Å². The zero-order valence-electron chi connectivity index (χ0n) is 6.36. The van der Waals surface area contributed by atoms with E-state index in [2.05, 4.69) is 20.6 Å². The Morgan fingerprint density at radius 3 is 2.83 bits per heavy atom. The van der Waals surface area contributed by atoms with Gasteiger partial charge in [-0.1, -0.05) is 0 Å². The molecule has 1 aliphatic rings. The van der Waals surface area contributed by atoms with Gasteiger partial charge < -0.3 is 22.1 Å². The number of anilines is 2. The summed E-state index contributed by atoms with van der Waals surface area (Å²) in [4.78, 5) is 7.83. The van der Waals surface area contributed by atoms with Crippen molar-refractivity contribution in [2.45, 2.75) is 12.3 Å². The summed E-state index contributed by atoms with van der Waals surface area (Å²) in [6, 6.07) is 0. The molecule has 2 heterocycles. The number of nitrogens with two attached hydrogens (primary N) is 2. The molecule has 2 unspecified atom stereocenters. The van der Waals surface area contributed by atoms with Gasteiger partial charge in [0.2, 0.25) is 0 Å². The van der Waals surface area contributed by atoms with E-state index >= 15 is 0 Å². The molecule has 2 rings (SSSR count). The van der Waals surface area contributed by atoms with Crippen molar-refractivity contribution in [1.29, 1.82) is 0 Å². The average Bonchev–Trinajstić information content (AvgIpc) is 2.07. The zero-order valence-corrected chi connectivity index (χ0v) is 6.36. The van der Waals surface area contributed by atoms with Crippen LogP contribution in [0.1, 0.15) is 0 Å². The van der Waals surface area contributed by atoms with Crippen molar-refractivity contribution in [3.8, 4) is 0 Å². The molecular formula is C6H10N6. The van der Waals surface area contributed by atoms with Crippen molar-refractivity contribution in [2.24, 2.45) is 11.5 Å². The maximum Gasteiger partial charge on any atom is 0.154 e. The molecule has 6 N–H and O–H groups in total. The summed E-state index contributed by atoms with van der Waals surface area (Å²) in [5, 5.41) is 5.92. The molecule has 0 aromatic carbocycles. The summed E-state index contributed by atoms with van der Waals surface area (Å²) >= 11 is 0. The van der Waals surface area contributed by atoms with Crippen LogP contribution in [-0.4, -0.2) is 22.3 Å². The van der Waals surface area contributed by atoms with Crippen molar-refractivity contribution in [3.63, 3.8) is 0 Å². The number of nitrogens with zero attached hydrogens (tertiary/aromatic N) is 2. The molecule has 0 radical (unpaired) electrons. The molecule has 0 bridgehead atoms. The van der Waals surface area contributed by atoms with E-state index in [0.29, 0.717) is 5.82 Å². The summed E-state index contributed by atoms with van der Waals surface area (Å²) in [5.41, 5.74) is 12.1. The van der Waals surface area contributed by atoms with Gasteiger partial charge in [0.05, 0.1) is 11.9 Å². The fourth-order valence-electron chi connectivity index (χ4n) is 1.07. The molecule has 1 aromatic rings. The van der Waals surface area contributed by atoms with Crippen LogP contribution in [0.5, 0.6) is 0 Å². The standard InChI is InChI=1S/C6H10N6/c7-4-5(8)12-6-3(11-4)1-9-2-10-6/h1-2,4-5,11H,7-8H2,(H,9,10,12). The second kappa shape index (κ2) is 2.58. The summed E-state index contributed by atoms with van der Waals surface area (Å²) in [6.07, 6.45) is 2.49. The fraction of sp³-hybridized carbons (Fsp3) is 0.333. The molecule has 2 atom stereocenters. The van der Waals surface area contributed by atoms with Gasteiger partial charge in [-0.25, -0.2) is 9.97 Å². The SMILES string of the molecule is NC1Nc2cncnc2NC1N. The van der Waals surface area contributed by atoms with E-state index in [1.165, 1.54) is 6.33 Å². The predicted molar refractivity (Wildman–Crippen MR) is 45.2 cm³/mol. The van der Waals surface area contributed by atoms with Crippen LogP contribution in [0.25, 0.3) is 0 Å². The van der Waals surface area contributed by atoms with Crippen LogP contribution in [0.15, 0.2) is 12.5 Å². The summed E-state index contributed by atoms with van der Waals surface area (Å²) in [5.74, 6) is 0.694. The van der Waals surface area contributed by atoms with Gasteiger partial charge in [-0.05, 0) is 0 Å². The number of hydrogen-bond acceptors (Lipinski definition) is 6. The van der Waals surface area contributed by atoms with Crippen molar-refractivity contribution in [2.75, 3.05) is 10.6 Å². The smallest absolute Gasteiger partial charge is 0.154 e. The lowest BCUT2D eigenvalue weighted by Crippen LogP contribution is -2.54. The Bertz CT molecular complexity index is 258. The molecule has 6 nitrogen and oxygen atoms in total. The quantitative estimate of drug-likeness (QED) is 0.389. The molecule has 1 aromatic heterocycles. The minimum atomic E-state index is -0.313. The lowest BCUT2D eigenvalue weighted by Gasteiger charge is -2.29. The van der Waals surface area contributed by atoms with E-state index in [1.54, 1.807) is 6.20 Å². The molecular weight excluding hydrogens is 156 g/mol. The van der Waals surface area contributed by atoms with Crippen LogP contribution in [0.2, 0.25) is 0 Å². The lowest BCUT2D eigenvalue weighted by atomic mass is 10.3. The largest absolute Gasteiger partial charge is 0.363 e. The number of rotatable bonds is 0. The Morgan fingerprint density at radius 1 is 1.25 bits per heavy atom. The molecule has 0 saturated heterocycles. The van der Waals surface area contributed by atoms with Crippen LogP contribution < -0.4 is 22.1 Å². The van der Waals surface area contributed by atoms with E-state index in [1.807, 2.05) is 0 Å². The van der Waals surface area contributed by atoms with Crippen molar-refractivity contribution in [3.05, 3.63) is 12.5 Å². The summed E-state index contributed by atoms with van der Waals surface area (Å²) in [7, 11) is 0. The van der Waals surface area contributed by atoms with Gasteiger partial charge in [-0.15, -0.1) is 0 Å². The minimum absolute atomic E-state index is 0.302. The van der Waals surface area contributed by atoms with Gasteiger partial charge in [0, 0.05) is 0 Å². The second-order valence-electron chi connectivity index (χ2n) is 2.63. The topological polar surface area (TPSA) is 102 Å². The Kier molecular flexibility index (Phi) is 1.56. The number of aromatic nitrogens is 2. The molecule has 0 fully saturated rings. The maximum atomic E-state index is 5.64. The first-order chi connectivity index (χ1) is 5.77. The zero-order chi connectivity index (χ0) is 8.55. The normalized spacial score (nSPS) is 26.8. The molecule has 12 heavy (non-hydrogen) atoms. The molecule has 0 spiro atoms. The average molecular weight is 166 g/mol. The van der Waals surface area contributed by atoms with E-state index < -0.39 is 0 Å².